The fraction of sp³-hybridized carbons (Fsp3) is 0.186. The summed E-state index contributed by atoms with van der Waals surface area (Å²) in [6.07, 6.45) is 7.26. The number of nitrogens with zero attached hydrogens (tertiary/aromatic N) is 2. The van der Waals surface area contributed by atoms with E-state index in [1.165, 1.54) is 98.7 Å². The largest absolute Gasteiger partial charge is 0.310 e. The Labute approximate surface area is 357 Å². The standard InChI is InChI=1S/C59H46N2/c1-3-11-39(12-4-1)40-19-21-41(22-20-40)42-23-25-46(26-24-42)60(48-27-29-51-50-16-8-10-18-55(50)61(56(51)35-48)45-13-5-2-6-14-45)47-28-30-54-52(34-47)49-15-7-9-17-53(49)59(54)44-32-38-31-43-33-57(59)58(43,36-38)37-44/h1-30,34-35,38,43-44,57H,31-33,36-37H2. The summed E-state index contributed by atoms with van der Waals surface area (Å²) in [6, 6.07) is 72.9. The Morgan fingerprint density at radius 2 is 1.02 bits per heavy atom. The van der Waals surface area contributed by atoms with Crippen LogP contribution in [0.4, 0.5) is 17.1 Å². The highest BCUT2D eigenvalue weighted by atomic mass is 15.1. The van der Waals surface area contributed by atoms with Crippen molar-refractivity contribution < 1.29 is 0 Å². The number of para-hydroxylation sites is 2. The van der Waals surface area contributed by atoms with E-state index in [1.54, 1.807) is 11.1 Å². The Kier molecular flexibility index (Phi) is 6.97. The number of hydrogen-bond acceptors (Lipinski definition) is 1. The molecule has 1 aromatic heterocycles. The second kappa shape index (κ2) is 12.5. The molecule has 0 saturated heterocycles. The summed E-state index contributed by atoms with van der Waals surface area (Å²) < 4.78 is 2.44. The Balaban J connectivity index is 0.937. The van der Waals surface area contributed by atoms with Crippen molar-refractivity contribution in [3.8, 4) is 39.1 Å². The highest BCUT2D eigenvalue weighted by Crippen LogP contribution is 2.83. The smallest absolute Gasteiger partial charge is 0.0561 e. The van der Waals surface area contributed by atoms with E-state index < -0.39 is 0 Å². The van der Waals surface area contributed by atoms with Crippen LogP contribution in [0.25, 0.3) is 60.9 Å². The van der Waals surface area contributed by atoms with E-state index in [9.17, 15) is 0 Å². The lowest BCUT2D eigenvalue weighted by Gasteiger charge is -2.54. The Hall–Kier alpha value is -6.64. The molecule has 3 bridgehead atoms. The minimum absolute atomic E-state index is 0.161. The van der Waals surface area contributed by atoms with Crippen LogP contribution in [0.1, 0.15) is 43.2 Å². The van der Waals surface area contributed by atoms with Crippen LogP contribution >= 0.6 is 0 Å². The molecule has 61 heavy (non-hydrogen) atoms. The van der Waals surface area contributed by atoms with Crippen molar-refractivity contribution in [1.29, 1.82) is 0 Å². The molecule has 0 aliphatic heterocycles. The van der Waals surface area contributed by atoms with Crippen LogP contribution in [-0.4, -0.2) is 4.57 Å². The van der Waals surface area contributed by atoms with Gasteiger partial charge in [0.1, 0.15) is 0 Å². The molecular formula is C59H46N2. The summed E-state index contributed by atoms with van der Waals surface area (Å²) in [5, 5.41) is 2.54. The van der Waals surface area contributed by atoms with E-state index in [2.05, 4.69) is 204 Å². The molecule has 2 nitrogen and oxygen atoms in total. The normalized spacial score (nSPS) is 24.9. The molecule has 9 aromatic rings. The number of benzene rings is 8. The minimum Gasteiger partial charge on any atom is -0.310 e. The zero-order valence-corrected chi connectivity index (χ0v) is 34.2. The van der Waals surface area contributed by atoms with Gasteiger partial charge in [-0.2, -0.15) is 0 Å². The van der Waals surface area contributed by atoms with Gasteiger partial charge < -0.3 is 9.47 Å². The predicted molar refractivity (Wildman–Crippen MR) is 252 cm³/mol. The molecule has 292 valence electrons. The quantitative estimate of drug-likeness (QED) is 0.163. The van der Waals surface area contributed by atoms with Crippen molar-refractivity contribution in [3.63, 3.8) is 0 Å². The number of hydrogen-bond donors (Lipinski definition) is 0. The Morgan fingerprint density at radius 3 is 1.82 bits per heavy atom. The fourth-order valence-electron chi connectivity index (χ4n) is 14.3. The zero-order chi connectivity index (χ0) is 39.9. The highest BCUT2D eigenvalue weighted by Gasteiger charge is 2.76. The first kappa shape index (κ1) is 34.1. The molecule has 5 aliphatic carbocycles. The van der Waals surface area contributed by atoms with Gasteiger partial charge in [-0.15, -0.1) is 0 Å². The fourth-order valence-corrected chi connectivity index (χ4v) is 14.3. The Morgan fingerprint density at radius 1 is 0.426 bits per heavy atom. The van der Waals surface area contributed by atoms with Gasteiger partial charge in [0.05, 0.1) is 11.0 Å². The van der Waals surface area contributed by atoms with Crippen molar-refractivity contribution in [1.82, 2.24) is 4.57 Å². The van der Waals surface area contributed by atoms with Gasteiger partial charge in [0.2, 0.25) is 0 Å². The lowest BCUT2D eigenvalue weighted by atomic mass is 9.49. The second-order valence-electron chi connectivity index (χ2n) is 19.0. The molecule has 0 amide bonds. The van der Waals surface area contributed by atoms with Crippen molar-refractivity contribution in [3.05, 3.63) is 205 Å². The molecule has 2 spiro atoms. The first-order chi connectivity index (χ1) is 30.2. The average Bonchev–Trinajstić information content (AvgIpc) is 3.92. The number of fused-ring (bicyclic) bond motifs is 12. The third-order valence-corrected chi connectivity index (χ3v) is 16.5. The number of anilines is 3. The van der Waals surface area contributed by atoms with E-state index in [0.717, 1.165) is 35.0 Å². The predicted octanol–water partition coefficient (Wildman–Crippen LogP) is 15.3. The van der Waals surface area contributed by atoms with Gasteiger partial charge in [-0.1, -0.05) is 140 Å². The lowest BCUT2D eigenvalue weighted by Crippen LogP contribution is -2.50. The molecule has 2 heteroatoms. The minimum atomic E-state index is 0.161. The van der Waals surface area contributed by atoms with Crippen LogP contribution in [0, 0.1) is 29.1 Å². The summed E-state index contributed by atoms with van der Waals surface area (Å²) in [4.78, 5) is 2.51. The average molecular weight is 783 g/mol. The molecule has 14 rings (SSSR count). The molecule has 8 aromatic carbocycles. The van der Waals surface area contributed by atoms with Gasteiger partial charge in [-0.25, -0.2) is 0 Å². The van der Waals surface area contributed by atoms with Gasteiger partial charge in [-0.3, -0.25) is 0 Å². The SMILES string of the molecule is c1ccc(-c2ccc(-c3ccc(N(c4ccc5c(c4)-c4ccccc4C54C5CC6CC7CC4C7(C6)C5)c4ccc5c6ccccc6n(-c6ccccc6)c5c4)cc3)cc2)cc1. The first-order valence-electron chi connectivity index (χ1n) is 22.6. The molecule has 1 heterocycles. The van der Waals surface area contributed by atoms with Crippen LogP contribution in [-0.2, 0) is 5.41 Å². The Bertz CT molecular complexity index is 3200. The first-order valence-corrected chi connectivity index (χ1v) is 22.6. The third kappa shape index (κ3) is 4.58. The van der Waals surface area contributed by atoms with Gasteiger partial charge in [0.15, 0.2) is 0 Å². The van der Waals surface area contributed by atoms with Crippen molar-refractivity contribution in [2.75, 3.05) is 4.90 Å². The molecule has 4 fully saturated rings. The summed E-state index contributed by atoms with van der Waals surface area (Å²) in [5.74, 6) is 3.43. The van der Waals surface area contributed by atoms with E-state index in [4.69, 9.17) is 0 Å². The van der Waals surface area contributed by atoms with Crippen LogP contribution in [0.15, 0.2) is 194 Å². The summed E-state index contributed by atoms with van der Waals surface area (Å²) in [5.41, 5.74) is 19.0. The molecule has 6 unspecified atom stereocenters. The van der Waals surface area contributed by atoms with Gasteiger partial charge in [0.25, 0.3) is 0 Å². The van der Waals surface area contributed by atoms with Crippen LogP contribution < -0.4 is 4.90 Å². The molecule has 0 N–H and O–H groups in total. The zero-order valence-electron chi connectivity index (χ0n) is 34.2. The summed E-state index contributed by atoms with van der Waals surface area (Å²) >= 11 is 0. The summed E-state index contributed by atoms with van der Waals surface area (Å²) in [6.45, 7) is 0. The van der Waals surface area contributed by atoms with Crippen LogP contribution in [0.5, 0.6) is 0 Å². The maximum absolute atomic E-state index is 2.58. The third-order valence-electron chi connectivity index (χ3n) is 16.5. The monoisotopic (exact) mass is 782 g/mol. The molecule has 0 radical (unpaired) electrons. The van der Waals surface area contributed by atoms with Crippen molar-refractivity contribution in [2.24, 2.45) is 29.1 Å². The van der Waals surface area contributed by atoms with E-state index in [0.29, 0.717) is 5.41 Å². The maximum atomic E-state index is 2.58. The molecule has 4 saturated carbocycles. The van der Waals surface area contributed by atoms with E-state index in [-0.39, 0.29) is 5.41 Å². The van der Waals surface area contributed by atoms with E-state index >= 15 is 0 Å². The molecular weight excluding hydrogens is 737 g/mol. The van der Waals surface area contributed by atoms with Gasteiger partial charge in [0, 0.05) is 38.9 Å². The van der Waals surface area contributed by atoms with Gasteiger partial charge >= 0.3 is 0 Å². The lowest BCUT2D eigenvalue weighted by molar-refractivity contribution is -0.0193. The number of aromatic nitrogens is 1. The number of rotatable bonds is 6. The maximum Gasteiger partial charge on any atom is 0.0561 e. The summed E-state index contributed by atoms with van der Waals surface area (Å²) in [7, 11) is 0. The van der Waals surface area contributed by atoms with Gasteiger partial charge in [-0.05, 0) is 160 Å². The van der Waals surface area contributed by atoms with Crippen molar-refractivity contribution >= 4 is 38.9 Å². The molecule has 5 aliphatic rings. The van der Waals surface area contributed by atoms with Crippen LogP contribution in [0.3, 0.4) is 0 Å². The van der Waals surface area contributed by atoms with Crippen LogP contribution in [0.2, 0.25) is 0 Å². The molecule has 6 atom stereocenters. The highest BCUT2D eigenvalue weighted by molar-refractivity contribution is 6.10. The topological polar surface area (TPSA) is 8.17 Å². The van der Waals surface area contributed by atoms with Crippen molar-refractivity contribution in [2.45, 2.75) is 37.5 Å². The van der Waals surface area contributed by atoms with E-state index in [1.807, 2.05) is 0 Å². The second-order valence-corrected chi connectivity index (χ2v) is 19.0.